The van der Waals surface area contributed by atoms with Crippen molar-refractivity contribution in [1.29, 1.82) is 0 Å². The van der Waals surface area contributed by atoms with Gasteiger partial charge in [0.05, 0.1) is 11.8 Å². The fourth-order valence-corrected chi connectivity index (χ4v) is 3.21. The van der Waals surface area contributed by atoms with E-state index in [1.165, 1.54) is 0 Å². The molecule has 0 aliphatic heterocycles. The van der Waals surface area contributed by atoms with E-state index in [0.717, 1.165) is 52.5 Å². The molecular weight excluding hydrogens is 376 g/mol. The van der Waals surface area contributed by atoms with E-state index in [-0.39, 0.29) is 11.9 Å². The van der Waals surface area contributed by atoms with Crippen molar-refractivity contribution in [2.75, 3.05) is 25.6 Å². The molecule has 0 atom stereocenters. The highest BCUT2D eigenvalue weighted by Crippen LogP contribution is 2.33. The number of hydrogen-bond donors (Lipinski definition) is 2. The van der Waals surface area contributed by atoms with Crippen LogP contribution in [0.1, 0.15) is 25.8 Å². The molecule has 158 valence electrons. The van der Waals surface area contributed by atoms with Crippen LogP contribution in [-0.4, -0.2) is 36.5 Å². The maximum absolute atomic E-state index is 10.4. The van der Waals surface area contributed by atoms with Gasteiger partial charge in [-0.15, -0.1) is 0 Å². The van der Waals surface area contributed by atoms with Crippen LogP contribution in [0.5, 0.6) is 11.5 Å². The second kappa shape index (κ2) is 10.1. The van der Waals surface area contributed by atoms with Crippen LogP contribution in [0.25, 0.3) is 22.4 Å². The fraction of sp³-hybridized carbons (Fsp3) is 0.320. The van der Waals surface area contributed by atoms with E-state index in [1.54, 1.807) is 13.2 Å². The summed E-state index contributed by atoms with van der Waals surface area (Å²) >= 11 is 0. The minimum atomic E-state index is 0.135. The lowest BCUT2D eigenvalue weighted by Crippen LogP contribution is -2.06. The Labute approximate surface area is 178 Å². The average molecular weight is 407 g/mol. The maximum Gasteiger partial charge on any atom is 0.127 e. The number of aromatic hydroxyl groups is 1. The van der Waals surface area contributed by atoms with Crippen LogP contribution >= 0.6 is 0 Å². The Hall–Kier alpha value is -3.05. The number of ether oxygens (including phenoxy) is 2. The number of anilines is 1. The lowest BCUT2D eigenvalue weighted by molar-refractivity contribution is 0.198. The zero-order valence-corrected chi connectivity index (χ0v) is 18.1. The molecule has 30 heavy (non-hydrogen) atoms. The van der Waals surface area contributed by atoms with Crippen LogP contribution in [0.3, 0.4) is 0 Å². The second-order valence-electron chi connectivity index (χ2n) is 7.61. The molecule has 1 heterocycles. The lowest BCUT2D eigenvalue weighted by atomic mass is 10.0. The second-order valence-corrected chi connectivity index (χ2v) is 7.61. The van der Waals surface area contributed by atoms with Crippen LogP contribution in [-0.2, 0) is 4.74 Å². The van der Waals surface area contributed by atoms with E-state index in [4.69, 9.17) is 14.5 Å². The number of phenols is 1. The van der Waals surface area contributed by atoms with Gasteiger partial charge in [-0.2, -0.15) is 0 Å². The summed E-state index contributed by atoms with van der Waals surface area (Å²) < 4.78 is 10.9. The summed E-state index contributed by atoms with van der Waals surface area (Å²) in [6, 6.07) is 17.6. The molecule has 5 nitrogen and oxygen atoms in total. The van der Waals surface area contributed by atoms with Gasteiger partial charge < -0.3 is 19.9 Å². The molecule has 2 aromatic carbocycles. The Morgan fingerprint density at radius 3 is 2.47 bits per heavy atom. The number of hydrogen-bond acceptors (Lipinski definition) is 5. The van der Waals surface area contributed by atoms with E-state index in [1.807, 2.05) is 69.3 Å². The normalized spacial score (nSPS) is 11.0. The van der Waals surface area contributed by atoms with Gasteiger partial charge in [-0.25, -0.2) is 4.98 Å². The topological polar surface area (TPSA) is 63.6 Å². The molecule has 2 N–H and O–H groups in total. The van der Waals surface area contributed by atoms with Crippen molar-refractivity contribution < 1.29 is 14.6 Å². The molecule has 0 fully saturated rings. The van der Waals surface area contributed by atoms with Crippen molar-refractivity contribution in [2.24, 2.45) is 0 Å². The van der Waals surface area contributed by atoms with E-state index in [9.17, 15) is 5.11 Å². The Morgan fingerprint density at radius 2 is 1.77 bits per heavy atom. The average Bonchev–Trinajstić information content (AvgIpc) is 2.73. The lowest BCUT2D eigenvalue weighted by Gasteiger charge is -2.14. The Bertz CT molecular complexity index is 969. The summed E-state index contributed by atoms with van der Waals surface area (Å²) in [5.41, 5.74) is 4.59. The Kier molecular flexibility index (Phi) is 7.31. The molecule has 5 heteroatoms. The largest absolute Gasteiger partial charge is 0.507 e. The standard InChI is InChI=1S/C25H30N2O3/c1-17(2)30-21-9-7-19(8-10-21)20-15-23(22-14-18(3)6-11-24(22)28)27-25(16-20)26-12-5-13-29-4/h6-11,14-17,28H,5,12-13H2,1-4H3,(H,26,27). The molecule has 1 aromatic heterocycles. The zero-order chi connectivity index (χ0) is 21.5. The van der Waals surface area contributed by atoms with Gasteiger partial charge in [0, 0.05) is 25.8 Å². The minimum absolute atomic E-state index is 0.135. The highest BCUT2D eigenvalue weighted by atomic mass is 16.5. The van der Waals surface area contributed by atoms with Crippen molar-refractivity contribution in [3.63, 3.8) is 0 Å². The highest BCUT2D eigenvalue weighted by Gasteiger charge is 2.11. The van der Waals surface area contributed by atoms with Crippen molar-refractivity contribution in [3.05, 3.63) is 60.2 Å². The van der Waals surface area contributed by atoms with Gasteiger partial charge in [0.1, 0.15) is 17.3 Å². The predicted octanol–water partition coefficient (Wildman–Crippen LogP) is 5.67. The van der Waals surface area contributed by atoms with Gasteiger partial charge in [-0.05, 0) is 74.7 Å². The third-order valence-corrected chi connectivity index (χ3v) is 4.64. The van der Waals surface area contributed by atoms with Gasteiger partial charge in [0.2, 0.25) is 0 Å². The SMILES string of the molecule is COCCCNc1cc(-c2ccc(OC(C)C)cc2)cc(-c2cc(C)ccc2O)n1. The highest BCUT2D eigenvalue weighted by molar-refractivity contribution is 5.76. The number of pyridine rings is 1. The quantitative estimate of drug-likeness (QED) is 0.449. The Morgan fingerprint density at radius 1 is 1.00 bits per heavy atom. The van der Waals surface area contributed by atoms with Crippen LogP contribution in [0.15, 0.2) is 54.6 Å². The number of rotatable bonds is 9. The van der Waals surface area contributed by atoms with Crippen LogP contribution < -0.4 is 10.1 Å². The first-order valence-corrected chi connectivity index (χ1v) is 10.3. The third kappa shape index (κ3) is 5.74. The number of benzene rings is 2. The summed E-state index contributed by atoms with van der Waals surface area (Å²) in [4.78, 5) is 4.75. The molecular formula is C25H30N2O3. The monoisotopic (exact) mass is 406 g/mol. The number of nitrogens with zero attached hydrogens (tertiary/aromatic N) is 1. The van der Waals surface area contributed by atoms with E-state index < -0.39 is 0 Å². The molecule has 3 rings (SSSR count). The molecule has 3 aromatic rings. The van der Waals surface area contributed by atoms with Crippen molar-refractivity contribution in [1.82, 2.24) is 4.98 Å². The third-order valence-electron chi connectivity index (χ3n) is 4.64. The molecule has 0 unspecified atom stereocenters. The number of methoxy groups -OCH3 is 1. The van der Waals surface area contributed by atoms with E-state index >= 15 is 0 Å². The van der Waals surface area contributed by atoms with Gasteiger partial charge in [-0.3, -0.25) is 0 Å². The minimum Gasteiger partial charge on any atom is -0.507 e. The molecule has 0 spiro atoms. The number of nitrogens with one attached hydrogen (secondary N) is 1. The summed E-state index contributed by atoms with van der Waals surface area (Å²) in [7, 11) is 1.70. The summed E-state index contributed by atoms with van der Waals surface area (Å²) in [6.07, 6.45) is 1.02. The first-order chi connectivity index (χ1) is 14.5. The van der Waals surface area contributed by atoms with Gasteiger partial charge in [-0.1, -0.05) is 23.8 Å². The van der Waals surface area contributed by atoms with Crippen molar-refractivity contribution in [2.45, 2.75) is 33.3 Å². The molecule has 0 saturated heterocycles. The summed E-state index contributed by atoms with van der Waals surface area (Å²) in [6.45, 7) is 7.47. The molecule has 0 aliphatic rings. The maximum atomic E-state index is 10.4. The van der Waals surface area contributed by atoms with Crippen LogP contribution in [0.4, 0.5) is 5.82 Å². The molecule has 0 radical (unpaired) electrons. The van der Waals surface area contributed by atoms with Crippen molar-refractivity contribution in [3.8, 4) is 33.9 Å². The summed E-state index contributed by atoms with van der Waals surface area (Å²) in [5, 5.41) is 13.8. The van der Waals surface area contributed by atoms with E-state index in [0.29, 0.717) is 6.61 Å². The first-order valence-electron chi connectivity index (χ1n) is 10.3. The van der Waals surface area contributed by atoms with Crippen molar-refractivity contribution >= 4 is 5.82 Å². The molecule has 0 aliphatic carbocycles. The number of aryl methyl sites for hydroxylation is 1. The number of phenolic OH excluding ortho intramolecular Hbond substituents is 1. The zero-order valence-electron chi connectivity index (χ0n) is 18.1. The molecule has 0 saturated carbocycles. The van der Waals surface area contributed by atoms with Crippen LogP contribution in [0.2, 0.25) is 0 Å². The van der Waals surface area contributed by atoms with Gasteiger partial charge in [0.25, 0.3) is 0 Å². The molecule has 0 bridgehead atoms. The molecule has 0 amide bonds. The van der Waals surface area contributed by atoms with Gasteiger partial charge >= 0.3 is 0 Å². The first kappa shape index (κ1) is 21.7. The van der Waals surface area contributed by atoms with E-state index in [2.05, 4.69) is 5.32 Å². The number of aromatic nitrogens is 1. The van der Waals surface area contributed by atoms with Gasteiger partial charge in [0.15, 0.2) is 0 Å². The smallest absolute Gasteiger partial charge is 0.127 e. The Balaban J connectivity index is 1.97. The fourth-order valence-electron chi connectivity index (χ4n) is 3.21. The predicted molar refractivity (Wildman–Crippen MR) is 122 cm³/mol. The summed E-state index contributed by atoms with van der Waals surface area (Å²) in [5.74, 6) is 1.83. The van der Waals surface area contributed by atoms with Crippen LogP contribution in [0, 0.1) is 6.92 Å².